The van der Waals surface area contributed by atoms with E-state index in [9.17, 15) is 18.4 Å². The van der Waals surface area contributed by atoms with Gasteiger partial charge in [0.15, 0.2) is 5.78 Å². The zero-order valence-electron chi connectivity index (χ0n) is 11.1. The summed E-state index contributed by atoms with van der Waals surface area (Å²) in [7, 11) is 0. The van der Waals surface area contributed by atoms with Crippen LogP contribution in [0.15, 0.2) is 42.5 Å². The topological polar surface area (TPSA) is 58.2 Å². The van der Waals surface area contributed by atoms with Crippen LogP contribution >= 0.6 is 0 Å². The molecule has 2 aromatic rings. The Labute approximate surface area is 119 Å². The third-order valence-electron chi connectivity index (χ3n) is 2.73. The van der Waals surface area contributed by atoms with Gasteiger partial charge in [0.05, 0.1) is 5.69 Å². The Balaban J connectivity index is 2.04. The summed E-state index contributed by atoms with van der Waals surface area (Å²) in [5, 5.41) is 4.66. The Hall–Kier alpha value is -2.76. The van der Waals surface area contributed by atoms with Crippen LogP contribution in [0.25, 0.3) is 0 Å². The third-order valence-corrected chi connectivity index (χ3v) is 2.73. The zero-order chi connectivity index (χ0) is 15.4. The monoisotopic (exact) mass is 290 g/mol. The predicted molar refractivity (Wildman–Crippen MR) is 75.4 cm³/mol. The molecule has 0 aliphatic rings. The van der Waals surface area contributed by atoms with E-state index in [-0.39, 0.29) is 11.5 Å². The van der Waals surface area contributed by atoms with Crippen molar-refractivity contribution in [2.24, 2.45) is 0 Å². The maximum Gasteiger partial charge on any atom is 0.323 e. The molecule has 2 rings (SSSR count). The van der Waals surface area contributed by atoms with Crippen LogP contribution < -0.4 is 10.6 Å². The van der Waals surface area contributed by atoms with Gasteiger partial charge in [-0.1, -0.05) is 0 Å². The molecule has 6 heteroatoms. The summed E-state index contributed by atoms with van der Waals surface area (Å²) >= 11 is 0. The first kappa shape index (κ1) is 14.6. The molecule has 0 atom stereocenters. The molecule has 2 N–H and O–H groups in total. The Bertz CT molecular complexity index is 685. The lowest BCUT2D eigenvalue weighted by Crippen LogP contribution is -2.20. The third kappa shape index (κ3) is 3.85. The van der Waals surface area contributed by atoms with E-state index in [2.05, 4.69) is 10.6 Å². The summed E-state index contributed by atoms with van der Waals surface area (Å²) < 4.78 is 26.3. The highest BCUT2D eigenvalue weighted by Gasteiger charge is 2.08. The first-order valence-electron chi connectivity index (χ1n) is 6.10. The van der Waals surface area contributed by atoms with Crippen molar-refractivity contribution >= 4 is 23.2 Å². The molecule has 0 fully saturated rings. The molecule has 0 aliphatic carbocycles. The van der Waals surface area contributed by atoms with Crippen LogP contribution in [0.4, 0.5) is 25.0 Å². The number of carbonyl (C=O) groups is 2. The number of benzene rings is 2. The molecule has 0 unspecified atom stereocenters. The molecule has 4 nitrogen and oxygen atoms in total. The van der Waals surface area contributed by atoms with E-state index < -0.39 is 17.7 Å². The fourth-order valence-corrected chi connectivity index (χ4v) is 1.67. The van der Waals surface area contributed by atoms with Gasteiger partial charge < -0.3 is 10.6 Å². The number of rotatable bonds is 3. The number of carbonyl (C=O) groups excluding carboxylic acids is 2. The second-order valence-electron chi connectivity index (χ2n) is 4.34. The number of hydrogen-bond donors (Lipinski definition) is 2. The molecule has 0 bridgehead atoms. The molecule has 0 heterocycles. The fourth-order valence-electron chi connectivity index (χ4n) is 1.67. The Morgan fingerprint density at radius 1 is 0.952 bits per heavy atom. The van der Waals surface area contributed by atoms with E-state index in [1.54, 1.807) is 12.1 Å². The van der Waals surface area contributed by atoms with Gasteiger partial charge in [-0.15, -0.1) is 0 Å². The molecule has 2 aromatic carbocycles. The van der Waals surface area contributed by atoms with E-state index in [1.165, 1.54) is 19.1 Å². The van der Waals surface area contributed by atoms with Gasteiger partial charge in [-0.05, 0) is 43.3 Å². The average Bonchev–Trinajstić information content (AvgIpc) is 2.43. The molecule has 0 spiro atoms. The van der Waals surface area contributed by atoms with Crippen LogP contribution in [-0.2, 0) is 0 Å². The highest BCUT2D eigenvalue weighted by atomic mass is 19.1. The van der Waals surface area contributed by atoms with Gasteiger partial charge in [-0.2, -0.15) is 0 Å². The number of halogens is 2. The number of nitrogens with one attached hydrogen (secondary N) is 2. The smallest absolute Gasteiger partial charge is 0.308 e. The average molecular weight is 290 g/mol. The van der Waals surface area contributed by atoms with Crippen molar-refractivity contribution in [2.45, 2.75) is 6.92 Å². The van der Waals surface area contributed by atoms with Crippen molar-refractivity contribution in [3.05, 3.63) is 59.7 Å². The molecule has 21 heavy (non-hydrogen) atoms. The van der Waals surface area contributed by atoms with E-state index >= 15 is 0 Å². The van der Waals surface area contributed by atoms with Gasteiger partial charge in [-0.25, -0.2) is 13.6 Å². The van der Waals surface area contributed by atoms with Crippen molar-refractivity contribution < 1.29 is 18.4 Å². The minimum atomic E-state index is -0.738. The number of urea groups is 1. The number of anilines is 2. The maximum atomic E-state index is 13.4. The Kier molecular flexibility index (Phi) is 4.27. The first-order valence-corrected chi connectivity index (χ1v) is 6.10. The number of hydrogen-bond acceptors (Lipinski definition) is 2. The van der Waals surface area contributed by atoms with Crippen LogP contribution in [0.1, 0.15) is 17.3 Å². The molecule has 2 amide bonds. The van der Waals surface area contributed by atoms with Crippen LogP contribution in [0.3, 0.4) is 0 Å². The van der Waals surface area contributed by atoms with Crippen LogP contribution in [0.2, 0.25) is 0 Å². The highest BCUT2D eigenvalue weighted by Crippen LogP contribution is 2.16. The van der Waals surface area contributed by atoms with Crippen molar-refractivity contribution in [1.29, 1.82) is 0 Å². The van der Waals surface area contributed by atoms with Crippen molar-refractivity contribution in [3.8, 4) is 0 Å². The minimum absolute atomic E-state index is 0.0900. The summed E-state index contributed by atoms with van der Waals surface area (Å²) in [6.07, 6.45) is 0. The van der Waals surface area contributed by atoms with Gasteiger partial charge in [-0.3, -0.25) is 4.79 Å². The Morgan fingerprint density at radius 2 is 1.62 bits per heavy atom. The van der Waals surface area contributed by atoms with Crippen molar-refractivity contribution in [3.63, 3.8) is 0 Å². The Morgan fingerprint density at radius 3 is 2.24 bits per heavy atom. The largest absolute Gasteiger partial charge is 0.323 e. The maximum absolute atomic E-state index is 13.4. The van der Waals surface area contributed by atoms with Crippen molar-refractivity contribution in [1.82, 2.24) is 0 Å². The lowest BCUT2D eigenvalue weighted by molar-refractivity contribution is 0.101. The lowest BCUT2D eigenvalue weighted by Gasteiger charge is -2.08. The van der Waals surface area contributed by atoms with Gasteiger partial charge in [0.25, 0.3) is 0 Å². The van der Waals surface area contributed by atoms with Crippen molar-refractivity contribution in [2.75, 3.05) is 10.6 Å². The lowest BCUT2D eigenvalue weighted by atomic mass is 10.1. The fraction of sp³-hybridized carbons (Fsp3) is 0.0667. The molecule has 0 saturated heterocycles. The summed E-state index contributed by atoms with van der Waals surface area (Å²) in [5.74, 6) is -1.48. The second kappa shape index (κ2) is 6.13. The molecular formula is C15H12F2N2O2. The molecule has 0 aliphatic heterocycles. The van der Waals surface area contributed by atoms with Gasteiger partial charge >= 0.3 is 6.03 Å². The summed E-state index contributed by atoms with van der Waals surface area (Å²) in [6, 6.07) is 8.24. The van der Waals surface area contributed by atoms with Gasteiger partial charge in [0.2, 0.25) is 0 Å². The van der Waals surface area contributed by atoms with Crippen LogP contribution in [0, 0.1) is 11.6 Å². The molecule has 0 saturated carbocycles. The van der Waals surface area contributed by atoms with E-state index in [0.717, 1.165) is 18.2 Å². The second-order valence-corrected chi connectivity index (χ2v) is 4.34. The van der Waals surface area contributed by atoms with E-state index in [4.69, 9.17) is 0 Å². The SMILES string of the molecule is CC(=O)c1ccc(NC(=O)Nc2cc(F)ccc2F)cc1. The van der Waals surface area contributed by atoms with Gasteiger partial charge in [0.1, 0.15) is 11.6 Å². The summed E-state index contributed by atoms with van der Waals surface area (Å²) in [4.78, 5) is 22.8. The zero-order valence-corrected chi connectivity index (χ0v) is 11.1. The number of Topliss-reactive ketones (excluding diaryl/α,β-unsaturated/α-hetero) is 1. The molecular weight excluding hydrogens is 278 g/mol. The van der Waals surface area contributed by atoms with Gasteiger partial charge in [0, 0.05) is 17.3 Å². The molecule has 0 aromatic heterocycles. The standard InChI is InChI=1S/C15H12F2N2O2/c1-9(20)10-2-5-12(6-3-10)18-15(21)19-14-8-11(16)4-7-13(14)17/h2-8H,1H3,(H2,18,19,21). The predicted octanol–water partition coefficient (Wildman–Crippen LogP) is 3.81. The first-order chi connectivity index (χ1) is 9.95. The van der Waals surface area contributed by atoms with Crippen LogP contribution in [-0.4, -0.2) is 11.8 Å². The van der Waals surface area contributed by atoms with Crippen LogP contribution in [0.5, 0.6) is 0 Å². The normalized spacial score (nSPS) is 10.0. The number of amides is 2. The molecule has 0 radical (unpaired) electrons. The number of ketones is 1. The van der Waals surface area contributed by atoms with E-state index in [0.29, 0.717) is 11.3 Å². The molecule has 108 valence electrons. The summed E-state index contributed by atoms with van der Waals surface area (Å²) in [5.41, 5.74) is 0.680. The minimum Gasteiger partial charge on any atom is -0.308 e. The quantitative estimate of drug-likeness (QED) is 0.844. The summed E-state index contributed by atoms with van der Waals surface area (Å²) in [6.45, 7) is 1.43. The highest BCUT2D eigenvalue weighted by molar-refractivity contribution is 6.00. The van der Waals surface area contributed by atoms with E-state index in [1.807, 2.05) is 0 Å².